The molecule has 0 aliphatic rings. The number of nitrogens with one attached hydrogen (secondary N) is 2. The summed E-state index contributed by atoms with van der Waals surface area (Å²) in [6, 6.07) is 13.7. The van der Waals surface area contributed by atoms with Crippen molar-refractivity contribution in [3.8, 4) is 5.69 Å². The first-order valence-corrected chi connectivity index (χ1v) is 9.89. The third-order valence-corrected chi connectivity index (χ3v) is 5.49. The van der Waals surface area contributed by atoms with Crippen LogP contribution in [0.4, 0.5) is 0 Å². The number of fused-ring (bicyclic) bond motifs is 2. The summed E-state index contributed by atoms with van der Waals surface area (Å²) in [4.78, 5) is 33.0. The van der Waals surface area contributed by atoms with E-state index in [1.54, 1.807) is 4.68 Å². The van der Waals surface area contributed by atoms with Crippen LogP contribution >= 0.6 is 0 Å². The third-order valence-electron chi connectivity index (χ3n) is 5.49. The number of carbonyl (C=O) groups excluding carboxylic acids is 1. The van der Waals surface area contributed by atoms with E-state index in [4.69, 9.17) is 0 Å². The molecule has 0 radical (unpaired) electrons. The molecule has 8 nitrogen and oxygen atoms in total. The zero-order chi connectivity index (χ0) is 21.5. The molecular weight excluding hydrogens is 392 g/mol. The zero-order valence-corrected chi connectivity index (χ0v) is 17.1. The van der Waals surface area contributed by atoms with Crippen LogP contribution in [0.5, 0.6) is 0 Å². The predicted molar refractivity (Wildman–Crippen MR) is 119 cm³/mol. The molecule has 0 fully saturated rings. The molecule has 0 saturated carbocycles. The van der Waals surface area contributed by atoms with Crippen LogP contribution in [-0.4, -0.2) is 30.3 Å². The minimum atomic E-state index is -0.382. The van der Waals surface area contributed by atoms with Gasteiger partial charge in [0.1, 0.15) is 11.7 Å². The van der Waals surface area contributed by atoms with E-state index in [1.807, 2.05) is 62.5 Å². The molecule has 1 amide bonds. The lowest BCUT2D eigenvalue weighted by atomic mass is 10.1. The molecular formula is C23H20N6O2. The summed E-state index contributed by atoms with van der Waals surface area (Å²) >= 11 is 0. The maximum Gasteiger partial charge on any atom is 0.283 e. The van der Waals surface area contributed by atoms with Crippen molar-refractivity contribution in [2.75, 3.05) is 5.43 Å². The van der Waals surface area contributed by atoms with E-state index >= 15 is 0 Å². The van der Waals surface area contributed by atoms with Gasteiger partial charge in [-0.1, -0.05) is 24.3 Å². The first kappa shape index (κ1) is 18.8. The van der Waals surface area contributed by atoms with E-state index in [9.17, 15) is 9.59 Å². The molecule has 0 saturated heterocycles. The van der Waals surface area contributed by atoms with Gasteiger partial charge >= 0.3 is 0 Å². The Labute approximate surface area is 177 Å². The highest BCUT2D eigenvalue weighted by Crippen LogP contribution is 2.19. The topological polar surface area (TPSA) is 97.6 Å². The van der Waals surface area contributed by atoms with Crippen LogP contribution in [0.1, 0.15) is 16.7 Å². The number of hydrogen-bond donors (Lipinski definition) is 2. The Balaban J connectivity index is 1.43. The summed E-state index contributed by atoms with van der Waals surface area (Å²) in [6.45, 7) is 4.06. The third kappa shape index (κ3) is 3.28. The van der Waals surface area contributed by atoms with Crippen molar-refractivity contribution < 1.29 is 4.79 Å². The summed E-state index contributed by atoms with van der Waals surface area (Å²) in [5.41, 5.74) is 7.63. The van der Waals surface area contributed by atoms with Crippen LogP contribution in [0.3, 0.4) is 0 Å². The normalized spacial score (nSPS) is 11.3. The second-order valence-electron chi connectivity index (χ2n) is 7.55. The Hall–Kier alpha value is -4.20. The van der Waals surface area contributed by atoms with Crippen molar-refractivity contribution in [2.45, 2.75) is 20.3 Å². The fourth-order valence-corrected chi connectivity index (χ4v) is 3.66. The molecule has 8 heteroatoms. The highest BCUT2D eigenvalue weighted by Gasteiger charge is 2.14. The summed E-state index contributed by atoms with van der Waals surface area (Å²) in [5.74, 6) is -0.311. The van der Waals surface area contributed by atoms with E-state index in [1.165, 1.54) is 18.1 Å². The summed E-state index contributed by atoms with van der Waals surface area (Å²) in [7, 11) is 0. The molecule has 154 valence electrons. The van der Waals surface area contributed by atoms with Crippen molar-refractivity contribution in [1.29, 1.82) is 0 Å². The minimum absolute atomic E-state index is 0.135. The van der Waals surface area contributed by atoms with E-state index < -0.39 is 0 Å². The Kier molecular flexibility index (Phi) is 4.39. The molecule has 31 heavy (non-hydrogen) atoms. The second kappa shape index (κ2) is 7.24. The molecule has 3 aromatic heterocycles. The number of benzene rings is 2. The smallest absolute Gasteiger partial charge is 0.283 e. The number of H-pyrrole nitrogens is 1. The lowest BCUT2D eigenvalue weighted by molar-refractivity contribution is -0.116. The van der Waals surface area contributed by atoms with Crippen LogP contribution in [-0.2, 0) is 11.2 Å². The quantitative estimate of drug-likeness (QED) is 0.474. The predicted octanol–water partition coefficient (Wildman–Crippen LogP) is 2.99. The SMILES string of the molecule is Cc1ccc(-n2ncc3c(=O)n(NC(=O)Cc4c[nH]c5ccccc45)cnc32)cc1C. The van der Waals surface area contributed by atoms with Gasteiger partial charge in [-0.25, -0.2) is 14.3 Å². The Morgan fingerprint density at radius 1 is 1.10 bits per heavy atom. The highest BCUT2D eigenvalue weighted by molar-refractivity contribution is 5.92. The molecule has 3 heterocycles. The summed E-state index contributed by atoms with van der Waals surface area (Å²) in [5, 5.41) is 5.64. The number of aryl methyl sites for hydroxylation is 2. The molecule has 0 atom stereocenters. The fourth-order valence-electron chi connectivity index (χ4n) is 3.66. The molecule has 2 aromatic carbocycles. The monoisotopic (exact) mass is 412 g/mol. The van der Waals surface area contributed by atoms with Gasteiger partial charge in [0.05, 0.1) is 18.3 Å². The zero-order valence-electron chi connectivity index (χ0n) is 17.1. The second-order valence-corrected chi connectivity index (χ2v) is 7.55. The number of nitrogens with zero attached hydrogens (tertiary/aromatic N) is 4. The largest absolute Gasteiger partial charge is 0.361 e. The van der Waals surface area contributed by atoms with Gasteiger partial charge in [0.15, 0.2) is 5.65 Å². The molecule has 2 N–H and O–H groups in total. The number of rotatable bonds is 4. The Morgan fingerprint density at radius 3 is 2.77 bits per heavy atom. The van der Waals surface area contributed by atoms with Crippen molar-refractivity contribution in [1.82, 2.24) is 24.4 Å². The first-order valence-electron chi connectivity index (χ1n) is 9.89. The summed E-state index contributed by atoms with van der Waals surface area (Å²) in [6.07, 6.45) is 4.73. The van der Waals surface area contributed by atoms with Gasteiger partial charge in [-0.2, -0.15) is 5.10 Å². The number of hydrogen-bond acceptors (Lipinski definition) is 4. The molecule has 0 bridgehead atoms. The molecule has 0 aliphatic heterocycles. The average Bonchev–Trinajstić information content (AvgIpc) is 3.37. The van der Waals surface area contributed by atoms with Crippen LogP contribution in [0.25, 0.3) is 27.6 Å². The van der Waals surface area contributed by atoms with Gasteiger partial charge in [0.2, 0.25) is 5.91 Å². The molecule has 0 unspecified atom stereocenters. The first-order chi connectivity index (χ1) is 15.0. The van der Waals surface area contributed by atoms with Gasteiger partial charge < -0.3 is 4.98 Å². The number of aromatic amines is 1. The van der Waals surface area contributed by atoms with E-state index in [-0.39, 0.29) is 17.9 Å². The van der Waals surface area contributed by atoms with Gasteiger partial charge in [-0.3, -0.25) is 15.0 Å². The van der Waals surface area contributed by atoms with Gasteiger partial charge in [-0.05, 0) is 48.7 Å². The Bertz CT molecular complexity index is 1510. The Morgan fingerprint density at radius 2 is 1.94 bits per heavy atom. The summed E-state index contributed by atoms with van der Waals surface area (Å²) < 4.78 is 2.73. The van der Waals surface area contributed by atoms with E-state index in [0.29, 0.717) is 11.0 Å². The number of para-hydroxylation sites is 1. The van der Waals surface area contributed by atoms with E-state index in [0.717, 1.165) is 32.4 Å². The average molecular weight is 412 g/mol. The lowest BCUT2D eigenvalue weighted by Crippen LogP contribution is -2.34. The van der Waals surface area contributed by atoms with Crippen molar-refractivity contribution in [3.05, 3.63) is 88.2 Å². The molecule has 0 spiro atoms. The standard InChI is InChI=1S/C23H20N6O2/c1-14-7-8-17(9-15(14)2)29-22-19(12-26-29)23(31)28(13-25-22)27-21(30)10-16-11-24-20-6-4-3-5-18(16)20/h3-9,11-13,24H,10H2,1-2H3,(H,27,30). The number of carbonyl (C=O) groups is 1. The van der Waals surface area contributed by atoms with Crippen LogP contribution in [0.2, 0.25) is 0 Å². The maximum absolute atomic E-state index is 12.9. The highest BCUT2D eigenvalue weighted by atomic mass is 16.2. The molecule has 5 rings (SSSR count). The molecule has 0 aliphatic carbocycles. The van der Waals surface area contributed by atoms with E-state index in [2.05, 4.69) is 20.5 Å². The van der Waals surface area contributed by atoms with Crippen LogP contribution in [0, 0.1) is 13.8 Å². The molecule has 5 aromatic rings. The minimum Gasteiger partial charge on any atom is -0.361 e. The van der Waals surface area contributed by atoms with Gasteiger partial charge in [0, 0.05) is 17.1 Å². The van der Waals surface area contributed by atoms with Gasteiger partial charge in [-0.15, -0.1) is 0 Å². The lowest BCUT2D eigenvalue weighted by Gasteiger charge is -2.09. The maximum atomic E-state index is 12.9. The number of aromatic nitrogens is 5. The van der Waals surface area contributed by atoms with Crippen LogP contribution < -0.4 is 11.0 Å². The van der Waals surface area contributed by atoms with Crippen molar-refractivity contribution >= 4 is 27.8 Å². The number of amides is 1. The van der Waals surface area contributed by atoms with Crippen LogP contribution in [0.15, 0.2) is 66.0 Å². The van der Waals surface area contributed by atoms with Crippen molar-refractivity contribution in [2.24, 2.45) is 0 Å². The fraction of sp³-hybridized carbons (Fsp3) is 0.130. The van der Waals surface area contributed by atoms with Crippen molar-refractivity contribution in [3.63, 3.8) is 0 Å². The van der Waals surface area contributed by atoms with Gasteiger partial charge in [0.25, 0.3) is 5.56 Å².